The van der Waals surface area contributed by atoms with Gasteiger partial charge in [0, 0.05) is 18.0 Å². The second-order valence-electron chi connectivity index (χ2n) is 4.54. The number of pyridine rings is 1. The van der Waals surface area contributed by atoms with Crippen LogP contribution in [0.2, 0.25) is 0 Å². The minimum absolute atomic E-state index is 0.200. The van der Waals surface area contributed by atoms with Crippen LogP contribution >= 0.6 is 11.3 Å². The topological polar surface area (TPSA) is 76.9 Å². The van der Waals surface area contributed by atoms with Crippen molar-refractivity contribution in [1.29, 1.82) is 0 Å². The van der Waals surface area contributed by atoms with Gasteiger partial charge in [0.25, 0.3) is 11.5 Å². The molecule has 1 amide bonds. The summed E-state index contributed by atoms with van der Waals surface area (Å²) in [5, 5.41) is 11.6. The molecule has 0 saturated heterocycles. The van der Waals surface area contributed by atoms with E-state index in [4.69, 9.17) is 0 Å². The lowest BCUT2D eigenvalue weighted by Gasteiger charge is -2.07. The summed E-state index contributed by atoms with van der Waals surface area (Å²) in [7, 11) is 0. The maximum Gasteiger partial charge on any atom is 0.258 e. The Bertz CT molecular complexity index is 871. The number of rotatable bonds is 3. The number of carbonyl (C=O) groups excluding carboxylic acids is 1. The minimum atomic E-state index is -0.333. The summed E-state index contributed by atoms with van der Waals surface area (Å²) in [4.78, 5) is 24.2. The number of aryl methyl sites for hydroxylation is 1. The van der Waals surface area contributed by atoms with E-state index in [1.54, 1.807) is 12.1 Å². The SMILES string of the molecule is Cc1nnc(NC(=O)c2ccc(=O)n(-c3ccccc3)c2)s1. The van der Waals surface area contributed by atoms with E-state index in [1.165, 1.54) is 34.2 Å². The predicted octanol–water partition coefficient (Wildman–Crippen LogP) is 2.25. The van der Waals surface area contributed by atoms with Crippen LogP contribution in [-0.4, -0.2) is 20.7 Å². The molecular formula is C15H12N4O2S. The fraction of sp³-hybridized carbons (Fsp3) is 0.0667. The van der Waals surface area contributed by atoms with Crippen molar-refractivity contribution in [3.8, 4) is 5.69 Å². The van der Waals surface area contributed by atoms with Crippen LogP contribution in [0.3, 0.4) is 0 Å². The van der Waals surface area contributed by atoms with E-state index in [2.05, 4.69) is 15.5 Å². The molecule has 0 aliphatic heterocycles. The molecule has 0 aliphatic carbocycles. The second-order valence-corrected chi connectivity index (χ2v) is 5.72. The molecular weight excluding hydrogens is 300 g/mol. The van der Waals surface area contributed by atoms with Gasteiger partial charge in [-0.3, -0.25) is 19.5 Å². The van der Waals surface area contributed by atoms with Gasteiger partial charge in [-0.2, -0.15) is 0 Å². The molecule has 1 N–H and O–H groups in total. The van der Waals surface area contributed by atoms with Gasteiger partial charge in [0.05, 0.1) is 5.56 Å². The van der Waals surface area contributed by atoms with Crippen LogP contribution in [0.25, 0.3) is 5.69 Å². The number of aromatic nitrogens is 3. The molecule has 6 nitrogen and oxygen atoms in total. The van der Waals surface area contributed by atoms with Crippen molar-refractivity contribution in [2.75, 3.05) is 5.32 Å². The lowest BCUT2D eigenvalue weighted by Crippen LogP contribution is -2.20. The highest BCUT2D eigenvalue weighted by molar-refractivity contribution is 7.15. The van der Waals surface area contributed by atoms with Gasteiger partial charge in [0.2, 0.25) is 5.13 Å². The monoisotopic (exact) mass is 312 g/mol. The summed E-state index contributed by atoms with van der Waals surface area (Å²) in [5.74, 6) is -0.333. The van der Waals surface area contributed by atoms with E-state index in [1.807, 2.05) is 25.1 Å². The molecule has 0 saturated carbocycles. The van der Waals surface area contributed by atoms with Gasteiger partial charge in [-0.25, -0.2) is 0 Å². The Morgan fingerprint density at radius 1 is 1.14 bits per heavy atom. The third-order valence-corrected chi connectivity index (χ3v) is 3.71. The first-order chi connectivity index (χ1) is 10.6. The highest BCUT2D eigenvalue weighted by atomic mass is 32.1. The lowest BCUT2D eigenvalue weighted by molar-refractivity contribution is 0.102. The Morgan fingerprint density at radius 3 is 2.59 bits per heavy atom. The fourth-order valence-electron chi connectivity index (χ4n) is 1.93. The number of hydrogen-bond donors (Lipinski definition) is 1. The van der Waals surface area contributed by atoms with Gasteiger partial charge in [-0.1, -0.05) is 29.5 Å². The summed E-state index contributed by atoms with van der Waals surface area (Å²) < 4.78 is 1.43. The van der Waals surface area contributed by atoms with Crippen LogP contribution in [0.15, 0.2) is 53.5 Å². The van der Waals surface area contributed by atoms with Crippen molar-refractivity contribution in [2.45, 2.75) is 6.92 Å². The molecule has 0 unspecified atom stereocenters. The number of amides is 1. The molecule has 0 bridgehead atoms. The molecule has 110 valence electrons. The predicted molar refractivity (Wildman–Crippen MR) is 84.6 cm³/mol. The van der Waals surface area contributed by atoms with Gasteiger partial charge in [-0.05, 0) is 25.1 Å². The van der Waals surface area contributed by atoms with E-state index in [-0.39, 0.29) is 11.5 Å². The van der Waals surface area contributed by atoms with Crippen LogP contribution < -0.4 is 10.9 Å². The van der Waals surface area contributed by atoms with Crippen molar-refractivity contribution in [3.05, 3.63) is 69.6 Å². The largest absolute Gasteiger partial charge is 0.296 e. The number of para-hydroxylation sites is 1. The van der Waals surface area contributed by atoms with Crippen LogP contribution in [0.5, 0.6) is 0 Å². The van der Waals surface area contributed by atoms with Crippen molar-refractivity contribution in [3.63, 3.8) is 0 Å². The zero-order valence-corrected chi connectivity index (χ0v) is 12.5. The maximum absolute atomic E-state index is 12.2. The molecule has 0 atom stereocenters. The lowest BCUT2D eigenvalue weighted by atomic mass is 10.2. The van der Waals surface area contributed by atoms with E-state index in [0.29, 0.717) is 16.4 Å². The summed E-state index contributed by atoms with van der Waals surface area (Å²) in [6.45, 7) is 1.81. The third kappa shape index (κ3) is 2.94. The van der Waals surface area contributed by atoms with Gasteiger partial charge in [0.15, 0.2) is 0 Å². The molecule has 1 aromatic carbocycles. The fourth-order valence-corrected chi connectivity index (χ4v) is 2.52. The highest BCUT2D eigenvalue weighted by Crippen LogP contribution is 2.15. The molecule has 0 radical (unpaired) electrons. The highest BCUT2D eigenvalue weighted by Gasteiger charge is 2.11. The van der Waals surface area contributed by atoms with E-state index in [9.17, 15) is 9.59 Å². The first-order valence-electron chi connectivity index (χ1n) is 6.53. The molecule has 0 aliphatic rings. The van der Waals surface area contributed by atoms with Gasteiger partial charge in [-0.15, -0.1) is 10.2 Å². The smallest absolute Gasteiger partial charge is 0.258 e. The maximum atomic E-state index is 12.2. The van der Waals surface area contributed by atoms with E-state index >= 15 is 0 Å². The van der Waals surface area contributed by atoms with Gasteiger partial charge >= 0.3 is 0 Å². The van der Waals surface area contributed by atoms with Crippen molar-refractivity contribution in [2.24, 2.45) is 0 Å². The molecule has 7 heteroatoms. The number of hydrogen-bond acceptors (Lipinski definition) is 5. The first-order valence-corrected chi connectivity index (χ1v) is 7.35. The Labute approximate surface area is 130 Å². The van der Waals surface area contributed by atoms with Crippen LogP contribution in [-0.2, 0) is 0 Å². The Hall–Kier alpha value is -2.80. The average molecular weight is 312 g/mol. The normalized spacial score (nSPS) is 10.4. The second kappa shape index (κ2) is 5.90. The number of carbonyl (C=O) groups is 1. The third-order valence-electron chi connectivity index (χ3n) is 2.95. The van der Waals surface area contributed by atoms with Gasteiger partial charge < -0.3 is 0 Å². The Kier molecular flexibility index (Phi) is 3.80. The van der Waals surface area contributed by atoms with Crippen LogP contribution in [0, 0.1) is 6.92 Å². The molecule has 3 aromatic rings. The minimum Gasteiger partial charge on any atom is -0.296 e. The molecule has 0 fully saturated rings. The van der Waals surface area contributed by atoms with E-state index < -0.39 is 0 Å². The Balaban J connectivity index is 1.92. The standard InChI is InChI=1S/C15H12N4O2S/c1-10-17-18-15(22-10)16-14(21)11-7-8-13(20)19(9-11)12-5-3-2-4-6-12/h2-9H,1H3,(H,16,18,21). The molecule has 3 rings (SSSR count). The Morgan fingerprint density at radius 2 is 1.91 bits per heavy atom. The van der Waals surface area contributed by atoms with Crippen LogP contribution in [0.1, 0.15) is 15.4 Å². The number of anilines is 1. The van der Waals surface area contributed by atoms with Crippen molar-refractivity contribution >= 4 is 22.4 Å². The quantitative estimate of drug-likeness (QED) is 0.804. The zero-order valence-electron chi connectivity index (χ0n) is 11.7. The first kappa shape index (κ1) is 14.2. The summed E-state index contributed by atoms with van der Waals surface area (Å²) in [6.07, 6.45) is 1.51. The molecule has 2 heterocycles. The number of nitrogens with one attached hydrogen (secondary N) is 1. The summed E-state index contributed by atoms with van der Waals surface area (Å²) in [6, 6.07) is 12.0. The summed E-state index contributed by atoms with van der Waals surface area (Å²) in [5.41, 5.74) is 0.875. The zero-order chi connectivity index (χ0) is 15.5. The van der Waals surface area contributed by atoms with E-state index in [0.717, 1.165) is 5.01 Å². The van der Waals surface area contributed by atoms with Crippen molar-refractivity contribution in [1.82, 2.24) is 14.8 Å². The number of nitrogens with zero attached hydrogens (tertiary/aromatic N) is 3. The molecule has 0 spiro atoms. The number of benzene rings is 1. The van der Waals surface area contributed by atoms with Gasteiger partial charge in [0.1, 0.15) is 5.01 Å². The van der Waals surface area contributed by atoms with Crippen molar-refractivity contribution < 1.29 is 4.79 Å². The van der Waals surface area contributed by atoms with Crippen LogP contribution in [0.4, 0.5) is 5.13 Å². The molecule has 22 heavy (non-hydrogen) atoms. The molecule has 2 aromatic heterocycles. The average Bonchev–Trinajstić information content (AvgIpc) is 2.93. The summed E-state index contributed by atoms with van der Waals surface area (Å²) >= 11 is 1.29.